The Kier molecular flexibility index (Phi) is 5.09. The third-order valence-electron chi connectivity index (χ3n) is 3.84. The van der Waals surface area contributed by atoms with Crippen LogP contribution in [0.4, 0.5) is 14.5 Å². The summed E-state index contributed by atoms with van der Waals surface area (Å²) in [5, 5.41) is 0. The molecule has 0 fully saturated rings. The van der Waals surface area contributed by atoms with Crippen LogP contribution in [0.15, 0.2) is 65.6 Å². The maximum atomic E-state index is 13.4. The van der Waals surface area contributed by atoms with Gasteiger partial charge in [-0.15, -0.1) is 0 Å². The fraction of sp³-hybridized carbons (Fsp3) is 0.105. The highest BCUT2D eigenvalue weighted by atomic mass is 32.2. The summed E-state index contributed by atoms with van der Waals surface area (Å²) in [6.07, 6.45) is 2.68. The minimum absolute atomic E-state index is 0.0948. The second-order valence-corrected chi connectivity index (χ2v) is 7.83. The van der Waals surface area contributed by atoms with Gasteiger partial charge in [-0.1, -0.05) is 18.2 Å². The monoisotopic (exact) mass is 390 g/mol. The van der Waals surface area contributed by atoms with Crippen LogP contribution in [-0.2, 0) is 16.6 Å². The van der Waals surface area contributed by atoms with E-state index in [4.69, 9.17) is 0 Å². The van der Waals surface area contributed by atoms with E-state index < -0.39 is 21.7 Å². The molecule has 1 N–H and O–H groups in total. The molecule has 1 heterocycles. The number of aromatic nitrogens is 1. The van der Waals surface area contributed by atoms with Crippen molar-refractivity contribution < 1.29 is 17.2 Å². The first-order valence-electron chi connectivity index (χ1n) is 7.94. The number of nitrogens with zero attached hydrogens (tertiary/aromatic N) is 1. The summed E-state index contributed by atoms with van der Waals surface area (Å²) in [4.78, 5) is 12.1. The molecule has 0 saturated carbocycles. The lowest BCUT2D eigenvalue weighted by atomic mass is 10.1. The van der Waals surface area contributed by atoms with Gasteiger partial charge in [-0.05, 0) is 47.0 Å². The number of hydrogen-bond acceptors (Lipinski definition) is 3. The average Bonchev–Trinajstić information content (AvgIpc) is 2.59. The van der Waals surface area contributed by atoms with Crippen molar-refractivity contribution in [3.8, 4) is 11.1 Å². The van der Waals surface area contributed by atoms with Gasteiger partial charge in [0.2, 0.25) is 10.0 Å². The third kappa shape index (κ3) is 4.79. The van der Waals surface area contributed by atoms with Gasteiger partial charge in [0.15, 0.2) is 11.6 Å². The van der Waals surface area contributed by atoms with Crippen LogP contribution in [0.1, 0.15) is 5.56 Å². The van der Waals surface area contributed by atoms with Crippen molar-refractivity contribution >= 4 is 15.7 Å². The molecule has 0 aliphatic heterocycles. The lowest BCUT2D eigenvalue weighted by Gasteiger charge is -2.10. The lowest BCUT2D eigenvalue weighted by molar-refractivity contribution is 0.506. The van der Waals surface area contributed by atoms with Crippen LogP contribution >= 0.6 is 0 Å². The zero-order valence-corrected chi connectivity index (χ0v) is 15.1. The molecular formula is C19H16F2N2O3S. The molecule has 0 bridgehead atoms. The molecule has 0 radical (unpaired) electrons. The summed E-state index contributed by atoms with van der Waals surface area (Å²) in [7, 11) is -3.36. The molecule has 0 aliphatic carbocycles. The molecule has 8 heteroatoms. The molecule has 1 aromatic heterocycles. The highest BCUT2D eigenvalue weighted by molar-refractivity contribution is 7.92. The van der Waals surface area contributed by atoms with Gasteiger partial charge in [-0.3, -0.25) is 9.52 Å². The van der Waals surface area contributed by atoms with E-state index in [9.17, 15) is 22.0 Å². The minimum Gasteiger partial charge on any atom is -0.310 e. The number of nitrogens with one attached hydrogen (secondary N) is 1. The molecule has 2 aromatic carbocycles. The Labute approximate surface area is 155 Å². The average molecular weight is 390 g/mol. The normalized spacial score (nSPS) is 11.4. The summed E-state index contributed by atoms with van der Waals surface area (Å²) in [6.45, 7) is 0.0948. The Morgan fingerprint density at radius 1 is 0.926 bits per heavy atom. The van der Waals surface area contributed by atoms with Crippen molar-refractivity contribution in [1.29, 1.82) is 0 Å². The summed E-state index contributed by atoms with van der Waals surface area (Å²) < 4.78 is 52.7. The molecule has 140 valence electrons. The van der Waals surface area contributed by atoms with Crippen LogP contribution in [-0.4, -0.2) is 19.2 Å². The van der Waals surface area contributed by atoms with Gasteiger partial charge in [0, 0.05) is 18.0 Å². The fourth-order valence-corrected chi connectivity index (χ4v) is 3.17. The Bertz CT molecular complexity index is 1140. The molecule has 5 nitrogen and oxygen atoms in total. The summed E-state index contributed by atoms with van der Waals surface area (Å²) >= 11 is 0. The molecule has 3 rings (SSSR count). The molecule has 0 aliphatic rings. The summed E-state index contributed by atoms with van der Waals surface area (Å²) in [6, 6.07) is 13.2. The molecule has 0 saturated heterocycles. The van der Waals surface area contributed by atoms with Gasteiger partial charge >= 0.3 is 0 Å². The Balaban J connectivity index is 1.88. The highest BCUT2D eigenvalue weighted by Crippen LogP contribution is 2.21. The van der Waals surface area contributed by atoms with Crippen LogP contribution in [0.2, 0.25) is 0 Å². The van der Waals surface area contributed by atoms with E-state index in [2.05, 4.69) is 4.72 Å². The number of anilines is 1. The zero-order valence-electron chi connectivity index (χ0n) is 14.3. The minimum atomic E-state index is -3.36. The fourth-order valence-electron chi connectivity index (χ4n) is 2.61. The van der Waals surface area contributed by atoms with E-state index in [0.29, 0.717) is 11.3 Å². The molecule has 3 aromatic rings. The van der Waals surface area contributed by atoms with E-state index >= 15 is 0 Å². The summed E-state index contributed by atoms with van der Waals surface area (Å²) in [5.74, 6) is -1.91. The number of pyridine rings is 1. The predicted molar refractivity (Wildman–Crippen MR) is 100 cm³/mol. The Hall–Kier alpha value is -3.00. The zero-order chi connectivity index (χ0) is 19.6. The van der Waals surface area contributed by atoms with Gasteiger partial charge in [-0.2, -0.15) is 0 Å². The van der Waals surface area contributed by atoms with E-state index in [1.807, 2.05) is 0 Å². The lowest BCUT2D eigenvalue weighted by Crippen LogP contribution is -2.19. The predicted octanol–water partition coefficient (Wildman–Crippen LogP) is 3.21. The molecule has 0 spiro atoms. The third-order valence-corrected chi connectivity index (χ3v) is 4.45. The number of hydrogen-bond donors (Lipinski definition) is 1. The highest BCUT2D eigenvalue weighted by Gasteiger charge is 2.07. The van der Waals surface area contributed by atoms with E-state index in [1.54, 1.807) is 36.5 Å². The van der Waals surface area contributed by atoms with Crippen LogP contribution in [0, 0.1) is 11.6 Å². The number of rotatable bonds is 5. The first kappa shape index (κ1) is 18.8. The van der Waals surface area contributed by atoms with Crippen molar-refractivity contribution in [2.24, 2.45) is 0 Å². The van der Waals surface area contributed by atoms with Crippen LogP contribution in [0.5, 0.6) is 0 Å². The van der Waals surface area contributed by atoms with Gasteiger partial charge < -0.3 is 4.57 Å². The van der Waals surface area contributed by atoms with Gasteiger partial charge in [0.1, 0.15) is 0 Å². The Morgan fingerprint density at radius 3 is 2.22 bits per heavy atom. The van der Waals surface area contributed by atoms with E-state index in [-0.39, 0.29) is 12.1 Å². The van der Waals surface area contributed by atoms with Crippen molar-refractivity contribution in [3.05, 3.63) is 88.3 Å². The van der Waals surface area contributed by atoms with Crippen molar-refractivity contribution in [2.75, 3.05) is 11.0 Å². The first-order valence-corrected chi connectivity index (χ1v) is 9.83. The van der Waals surface area contributed by atoms with Gasteiger partial charge in [0.05, 0.1) is 12.8 Å². The smallest absolute Gasteiger partial charge is 0.250 e. The van der Waals surface area contributed by atoms with Crippen LogP contribution in [0.3, 0.4) is 0 Å². The molecular weight excluding hydrogens is 374 g/mol. The van der Waals surface area contributed by atoms with Crippen LogP contribution < -0.4 is 10.3 Å². The largest absolute Gasteiger partial charge is 0.310 e. The number of sulfonamides is 1. The molecule has 0 atom stereocenters. The van der Waals surface area contributed by atoms with Gasteiger partial charge in [-0.25, -0.2) is 17.2 Å². The second kappa shape index (κ2) is 7.32. The Morgan fingerprint density at radius 2 is 1.59 bits per heavy atom. The topological polar surface area (TPSA) is 68.2 Å². The van der Waals surface area contributed by atoms with Crippen molar-refractivity contribution in [1.82, 2.24) is 4.57 Å². The molecule has 0 amide bonds. The maximum absolute atomic E-state index is 13.4. The van der Waals surface area contributed by atoms with Crippen molar-refractivity contribution in [2.45, 2.75) is 6.54 Å². The van der Waals surface area contributed by atoms with E-state index in [0.717, 1.165) is 29.5 Å². The standard InChI is InChI=1S/C19H16F2N2O3S/c1-27(25,26)22-16-6-3-14(4-7-16)15-5-9-19(24)23(12-15)11-13-2-8-17(20)18(21)10-13/h2-10,12,22H,11H2,1H3. The molecule has 0 unspecified atom stereocenters. The quantitative estimate of drug-likeness (QED) is 0.727. The van der Waals surface area contributed by atoms with Crippen LogP contribution in [0.25, 0.3) is 11.1 Å². The number of halogens is 2. The van der Waals surface area contributed by atoms with Crippen molar-refractivity contribution in [3.63, 3.8) is 0 Å². The first-order chi connectivity index (χ1) is 12.7. The molecule has 27 heavy (non-hydrogen) atoms. The second-order valence-electron chi connectivity index (χ2n) is 6.08. The van der Waals surface area contributed by atoms with Gasteiger partial charge in [0.25, 0.3) is 5.56 Å². The maximum Gasteiger partial charge on any atom is 0.250 e. The summed E-state index contributed by atoms with van der Waals surface area (Å²) in [5.41, 5.74) is 2.10. The van der Waals surface area contributed by atoms with E-state index in [1.165, 1.54) is 16.7 Å². The SMILES string of the molecule is CS(=O)(=O)Nc1ccc(-c2ccc(=O)n(Cc3ccc(F)c(F)c3)c2)cc1. The number of benzene rings is 2.